The minimum Gasteiger partial charge on any atom is -0.338 e. The van der Waals surface area contributed by atoms with Gasteiger partial charge in [-0.2, -0.15) is 0 Å². The van der Waals surface area contributed by atoms with Crippen molar-refractivity contribution in [3.05, 3.63) is 53.3 Å². The van der Waals surface area contributed by atoms with E-state index in [0.29, 0.717) is 11.4 Å². The molecule has 2 nitrogen and oxygen atoms in total. The Morgan fingerprint density at radius 2 is 1.88 bits per heavy atom. The van der Waals surface area contributed by atoms with E-state index in [1.807, 2.05) is 24.3 Å². The molecule has 4 heteroatoms. The third kappa shape index (κ3) is 1.68. The highest BCUT2D eigenvalue weighted by Gasteiger charge is 2.11. The molecule has 0 fully saturated rings. The monoisotopic (exact) mass is 246 g/mol. The smallest absolute Gasteiger partial charge is 0.142 e. The summed E-state index contributed by atoms with van der Waals surface area (Å²) in [5.74, 6) is 0.139. The number of para-hydroxylation sites is 2. The molecule has 0 unspecified atom stereocenters. The molecule has 0 bridgehead atoms. The Kier molecular flexibility index (Phi) is 2.34. The first-order chi connectivity index (χ1) is 8.25. The van der Waals surface area contributed by atoms with Crippen LogP contribution >= 0.6 is 11.6 Å². The van der Waals surface area contributed by atoms with Gasteiger partial charge in [-0.3, -0.25) is 0 Å². The number of nitrogens with zero attached hydrogens (tertiary/aromatic N) is 1. The van der Waals surface area contributed by atoms with Crippen molar-refractivity contribution in [2.75, 3.05) is 0 Å². The number of fused-ring (bicyclic) bond motifs is 1. The van der Waals surface area contributed by atoms with Crippen molar-refractivity contribution in [1.29, 1.82) is 0 Å². The normalized spacial score (nSPS) is 10.9. The van der Waals surface area contributed by atoms with E-state index in [4.69, 9.17) is 11.6 Å². The van der Waals surface area contributed by atoms with Crippen LogP contribution in [0.25, 0.3) is 22.4 Å². The Hall–Kier alpha value is -1.87. The number of hydrogen-bond donors (Lipinski definition) is 1. The fraction of sp³-hybridized carbons (Fsp3) is 0. The zero-order chi connectivity index (χ0) is 11.8. The predicted octanol–water partition coefficient (Wildman–Crippen LogP) is 4.02. The number of aromatic amines is 1. The predicted molar refractivity (Wildman–Crippen MR) is 66.5 cm³/mol. The summed E-state index contributed by atoms with van der Waals surface area (Å²) < 4.78 is 13.3. The number of H-pyrrole nitrogens is 1. The second-order valence-electron chi connectivity index (χ2n) is 3.70. The lowest BCUT2D eigenvalue weighted by molar-refractivity contribution is 0.628. The number of benzene rings is 2. The first-order valence-electron chi connectivity index (χ1n) is 5.15. The molecule has 0 aliphatic rings. The average molecular weight is 247 g/mol. The van der Waals surface area contributed by atoms with E-state index in [2.05, 4.69) is 9.97 Å². The van der Waals surface area contributed by atoms with Crippen LogP contribution in [0.1, 0.15) is 0 Å². The summed E-state index contributed by atoms with van der Waals surface area (Å²) >= 11 is 5.92. The fourth-order valence-corrected chi connectivity index (χ4v) is 1.98. The number of nitrogens with one attached hydrogen (secondary N) is 1. The van der Waals surface area contributed by atoms with Crippen LogP contribution in [0.15, 0.2) is 42.5 Å². The number of rotatable bonds is 1. The van der Waals surface area contributed by atoms with Crippen LogP contribution in [-0.2, 0) is 0 Å². The van der Waals surface area contributed by atoms with Gasteiger partial charge in [-0.25, -0.2) is 9.37 Å². The van der Waals surface area contributed by atoms with Crippen molar-refractivity contribution < 1.29 is 4.39 Å². The Morgan fingerprint density at radius 1 is 1.06 bits per heavy atom. The van der Waals surface area contributed by atoms with Gasteiger partial charge in [-0.05, 0) is 24.3 Å². The van der Waals surface area contributed by atoms with Gasteiger partial charge in [0.25, 0.3) is 0 Å². The van der Waals surface area contributed by atoms with Gasteiger partial charge in [0.2, 0.25) is 0 Å². The molecule has 1 N–H and O–H groups in total. The number of aromatic nitrogens is 2. The molecule has 0 atom stereocenters. The number of halogens is 2. The molecule has 0 saturated carbocycles. The van der Waals surface area contributed by atoms with Gasteiger partial charge < -0.3 is 4.98 Å². The van der Waals surface area contributed by atoms with Gasteiger partial charge in [-0.15, -0.1) is 0 Å². The summed E-state index contributed by atoms with van der Waals surface area (Å²) in [6, 6.07) is 12.3. The molecule has 0 saturated heterocycles. The fourth-order valence-electron chi connectivity index (χ4n) is 1.77. The molecular formula is C13H8ClFN2. The summed E-state index contributed by atoms with van der Waals surface area (Å²) in [5.41, 5.74) is 2.31. The lowest BCUT2D eigenvalue weighted by Gasteiger charge is -2.00. The van der Waals surface area contributed by atoms with Gasteiger partial charge in [0.05, 0.1) is 16.1 Å². The third-order valence-electron chi connectivity index (χ3n) is 2.60. The molecule has 3 aromatic rings. The van der Waals surface area contributed by atoms with Gasteiger partial charge in [0.1, 0.15) is 11.6 Å². The minimum absolute atomic E-state index is 0.0894. The molecule has 17 heavy (non-hydrogen) atoms. The standard InChI is InChI=1S/C13H8ClFN2/c14-12-8(4-3-5-9(12)15)13-16-10-6-1-2-7-11(10)17-13/h1-7H,(H,16,17). The molecule has 1 aromatic heterocycles. The van der Waals surface area contributed by atoms with Crippen LogP contribution in [-0.4, -0.2) is 9.97 Å². The van der Waals surface area contributed by atoms with Crippen LogP contribution in [0, 0.1) is 5.82 Å². The second kappa shape index (κ2) is 3.86. The van der Waals surface area contributed by atoms with Gasteiger partial charge in [0.15, 0.2) is 0 Å². The quantitative estimate of drug-likeness (QED) is 0.690. The highest BCUT2D eigenvalue weighted by Crippen LogP contribution is 2.29. The topological polar surface area (TPSA) is 28.7 Å². The molecule has 84 valence electrons. The van der Waals surface area contributed by atoms with Crippen molar-refractivity contribution >= 4 is 22.6 Å². The molecule has 0 aliphatic heterocycles. The lowest BCUT2D eigenvalue weighted by atomic mass is 10.2. The summed E-state index contributed by atoms with van der Waals surface area (Å²) in [6.45, 7) is 0. The lowest BCUT2D eigenvalue weighted by Crippen LogP contribution is -1.85. The molecule has 1 heterocycles. The zero-order valence-corrected chi connectivity index (χ0v) is 9.50. The van der Waals surface area contributed by atoms with Gasteiger partial charge in [-0.1, -0.05) is 29.8 Å². The third-order valence-corrected chi connectivity index (χ3v) is 2.98. The molecule has 0 aliphatic carbocycles. The van der Waals surface area contributed by atoms with Crippen LogP contribution in [0.4, 0.5) is 4.39 Å². The molecular weight excluding hydrogens is 239 g/mol. The van der Waals surface area contributed by atoms with Crippen LogP contribution in [0.2, 0.25) is 5.02 Å². The van der Waals surface area contributed by atoms with E-state index in [-0.39, 0.29) is 5.02 Å². The summed E-state index contributed by atoms with van der Waals surface area (Å²) in [6.07, 6.45) is 0. The first kappa shape index (κ1) is 10.3. The SMILES string of the molecule is Fc1cccc(-c2nc3ccccc3[nH]2)c1Cl. The average Bonchev–Trinajstić information content (AvgIpc) is 2.76. The van der Waals surface area contributed by atoms with Gasteiger partial charge >= 0.3 is 0 Å². The van der Waals surface area contributed by atoms with Crippen molar-refractivity contribution in [2.45, 2.75) is 0 Å². The first-order valence-corrected chi connectivity index (χ1v) is 5.52. The zero-order valence-electron chi connectivity index (χ0n) is 8.74. The van der Waals surface area contributed by atoms with E-state index >= 15 is 0 Å². The highest BCUT2D eigenvalue weighted by molar-refractivity contribution is 6.33. The Balaban J connectivity index is 2.24. The van der Waals surface area contributed by atoms with Crippen molar-refractivity contribution in [2.24, 2.45) is 0 Å². The van der Waals surface area contributed by atoms with Crippen LogP contribution in [0.3, 0.4) is 0 Å². The van der Waals surface area contributed by atoms with E-state index in [9.17, 15) is 4.39 Å². The van der Waals surface area contributed by atoms with Gasteiger partial charge in [0, 0.05) is 5.56 Å². The van der Waals surface area contributed by atoms with Crippen molar-refractivity contribution in [1.82, 2.24) is 9.97 Å². The molecule has 0 amide bonds. The number of imidazole rings is 1. The molecule has 0 radical (unpaired) electrons. The maximum Gasteiger partial charge on any atom is 0.142 e. The van der Waals surface area contributed by atoms with E-state index in [0.717, 1.165) is 11.0 Å². The number of hydrogen-bond acceptors (Lipinski definition) is 1. The summed E-state index contributed by atoms with van der Waals surface area (Å²) in [7, 11) is 0. The Labute approximate surface area is 102 Å². The van der Waals surface area contributed by atoms with Crippen molar-refractivity contribution in [3.8, 4) is 11.4 Å². The Morgan fingerprint density at radius 3 is 2.71 bits per heavy atom. The molecule has 3 rings (SSSR count). The van der Waals surface area contributed by atoms with E-state index < -0.39 is 5.82 Å². The maximum absolute atomic E-state index is 13.3. The van der Waals surface area contributed by atoms with E-state index in [1.54, 1.807) is 12.1 Å². The minimum atomic E-state index is -0.440. The molecule has 0 spiro atoms. The van der Waals surface area contributed by atoms with Crippen LogP contribution < -0.4 is 0 Å². The summed E-state index contributed by atoms with van der Waals surface area (Å²) in [5, 5.41) is 0.0894. The largest absolute Gasteiger partial charge is 0.338 e. The van der Waals surface area contributed by atoms with E-state index in [1.165, 1.54) is 6.07 Å². The van der Waals surface area contributed by atoms with Crippen molar-refractivity contribution in [3.63, 3.8) is 0 Å². The van der Waals surface area contributed by atoms with Crippen LogP contribution in [0.5, 0.6) is 0 Å². The Bertz CT molecular complexity index is 658. The molecule has 2 aromatic carbocycles. The maximum atomic E-state index is 13.3. The highest BCUT2D eigenvalue weighted by atomic mass is 35.5. The second-order valence-corrected chi connectivity index (χ2v) is 4.08. The summed E-state index contributed by atoms with van der Waals surface area (Å²) in [4.78, 5) is 7.50.